The van der Waals surface area contributed by atoms with Gasteiger partial charge in [-0.1, -0.05) is 6.92 Å². The Balaban J connectivity index is 2.13. The van der Waals surface area contributed by atoms with Crippen LogP contribution in [0.5, 0.6) is 0 Å². The van der Waals surface area contributed by atoms with Crippen molar-refractivity contribution < 1.29 is 4.79 Å². The van der Waals surface area contributed by atoms with Crippen molar-refractivity contribution in [3.63, 3.8) is 0 Å². The summed E-state index contributed by atoms with van der Waals surface area (Å²) in [4.78, 5) is 13.6. The van der Waals surface area contributed by atoms with Gasteiger partial charge in [0.25, 0.3) is 0 Å². The van der Waals surface area contributed by atoms with Crippen LogP contribution >= 0.6 is 0 Å². The van der Waals surface area contributed by atoms with Crippen molar-refractivity contribution in [1.29, 1.82) is 0 Å². The number of rotatable bonds is 0. The van der Waals surface area contributed by atoms with E-state index in [1.165, 1.54) is 32.1 Å². The molecule has 74 valence electrons. The third kappa shape index (κ3) is 1.36. The number of nitrogens with zero attached hydrogens (tertiary/aromatic N) is 1. The SMILES string of the molecule is CC(=O)N1CC[C@@H](C)CC12CCC2. The minimum atomic E-state index is 0.284. The maximum atomic E-state index is 11.4. The minimum absolute atomic E-state index is 0.284. The fourth-order valence-electron chi connectivity index (χ4n) is 3.00. The molecule has 1 saturated heterocycles. The molecule has 2 heteroatoms. The average Bonchev–Trinajstić information content (AvgIpc) is 2.00. The topological polar surface area (TPSA) is 20.3 Å². The highest BCUT2D eigenvalue weighted by Crippen LogP contribution is 2.45. The van der Waals surface area contributed by atoms with Crippen LogP contribution in [0.3, 0.4) is 0 Å². The Kier molecular flexibility index (Phi) is 2.09. The van der Waals surface area contributed by atoms with Crippen LogP contribution < -0.4 is 0 Å². The fourth-order valence-corrected chi connectivity index (χ4v) is 3.00. The average molecular weight is 181 g/mol. The highest BCUT2D eigenvalue weighted by molar-refractivity contribution is 5.74. The van der Waals surface area contributed by atoms with Crippen molar-refractivity contribution in [2.45, 2.75) is 51.5 Å². The molecule has 0 N–H and O–H groups in total. The van der Waals surface area contributed by atoms with E-state index in [4.69, 9.17) is 0 Å². The predicted octanol–water partition coefficient (Wildman–Crippen LogP) is 2.19. The molecule has 1 spiro atoms. The Morgan fingerprint density at radius 3 is 2.62 bits per heavy atom. The molecule has 1 amide bonds. The number of piperidine rings is 1. The van der Waals surface area contributed by atoms with Crippen LogP contribution in [0.25, 0.3) is 0 Å². The normalized spacial score (nSPS) is 31.5. The zero-order chi connectivity index (χ0) is 9.47. The van der Waals surface area contributed by atoms with Gasteiger partial charge < -0.3 is 4.90 Å². The molecule has 1 aliphatic heterocycles. The van der Waals surface area contributed by atoms with Gasteiger partial charge in [0.2, 0.25) is 5.91 Å². The lowest BCUT2D eigenvalue weighted by atomic mass is 9.67. The van der Waals surface area contributed by atoms with E-state index in [9.17, 15) is 4.79 Å². The highest BCUT2D eigenvalue weighted by Gasteiger charge is 2.46. The van der Waals surface area contributed by atoms with Gasteiger partial charge in [-0.2, -0.15) is 0 Å². The first-order valence-corrected chi connectivity index (χ1v) is 5.42. The lowest BCUT2D eigenvalue weighted by Gasteiger charge is -2.54. The monoisotopic (exact) mass is 181 g/mol. The van der Waals surface area contributed by atoms with Crippen molar-refractivity contribution in [1.82, 2.24) is 4.90 Å². The molecule has 1 atom stereocenters. The Morgan fingerprint density at radius 2 is 2.15 bits per heavy atom. The quantitative estimate of drug-likeness (QED) is 0.561. The molecule has 1 heterocycles. The summed E-state index contributed by atoms with van der Waals surface area (Å²) >= 11 is 0. The molecular weight excluding hydrogens is 162 g/mol. The Hall–Kier alpha value is -0.530. The first-order valence-electron chi connectivity index (χ1n) is 5.42. The van der Waals surface area contributed by atoms with Crippen molar-refractivity contribution in [2.75, 3.05) is 6.54 Å². The Labute approximate surface area is 80.3 Å². The molecule has 0 bridgehead atoms. The lowest BCUT2D eigenvalue weighted by Crippen LogP contribution is -2.59. The minimum Gasteiger partial charge on any atom is -0.337 e. The smallest absolute Gasteiger partial charge is 0.219 e. The van der Waals surface area contributed by atoms with Gasteiger partial charge in [0.1, 0.15) is 0 Å². The number of carbonyl (C=O) groups is 1. The van der Waals surface area contributed by atoms with Crippen LogP contribution in [-0.4, -0.2) is 22.9 Å². The van der Waals surface area contributed by atoms with Crippen molar-refractivity contribution in [2.24, 2.45) is 5.92 Å². The Morgan fingerprint density at radius 1 is 1.46 bits per heavy atom. The lowest BCUT2D eigenvalue weighted by molar-refractivity contribution is -0.144. The van der Waals surface area contributed by atoms with Gasteiger partial charge in [0.05, 0.1) is 0 Å². The maximum Gasteiger partial charge on any atom is 0.219 e. The van der Waals surface area contributed by atoms with Gasteiger partial charge in [-0.25, -0.2) is 0 Å². The van der Waals surface area contributed by atoms with Crippen molar-refractivity contribution >= 4 is 5.91 Å². The van der Waals surface area contributed by atoms with Crippen LogP contribution in [0.1, 0.15) is 46.0 Å². The number of likely N-dealkylation sites (tertiary alicyclic amines) is 1. The summed E-state index contributed by atoms with van der Waals surface area (Å²) in [5.41, 5.74) is 0.295. The zero-order valence-corrected chi connectivity index (χ0v) is 8.68. The fraction of sp³-hybridized carbons (Fsp3) is 0.909. The molecular formula is C11H19NO. The van der Waals surface area contributed by atoms with Gasteiger partial charge in [-0.05, 0) is 38.0 Å². The van der Waals surface area contributed by atoms with Crippen molar-refractivity contribution in [3.05, 3.63) is 0 Å². The number of hydrogen-bond donors (Lipinski definition) is 0. The van der Waals surface area contributed by atoms with Crippen LogP contribution in [0.4, 0.5) is 0 Å². The van der Waals surface area contributed by atoms with E-state index in [0.717, 1.165) is 12.5 Å². The molecule has 2 aliphatic rings. The second-order valence-electron chi connectivity index (χ2n) is 4.85. The molecule has 0 aromatic carbocycles. The van der Waals surface area contributed by atoms with E-state index >= 15 is 0 Å². The predicted molar refractivity (Wildman–Crippen MR) is 52.4 cm³/mol. The molecule has 0 radical (unpaired) electrons. The molecule has 2 fully saturated rings. The zero-order valence-electron chi connectivity index (χ0n) is 8.68. The van der Waals surface area contributed by atoms with E-state index < -0.39 is 0 Å². The second-order valence-corrected chi connectivity index (χ2v) is 4.85. The number of carbonyl (C=O) groups excluding carboxylic acids is 1. The van der Waals surface area contributed by atoms with E-state index in [1.54, 1.807) is 6.92 Å². The summed E-state index contributed by atoms with van der Waals surface area (Å²) in [6.45, 7) is 5.03. The third-order valence-electron chi connectivity index (χ3n) is 3.81. The van der Waals surface area contributed by atoms with Gasteiger partial charge in [-0.15, -0.1) is 0 Å². The molecule has 1 aliphatic carbocycles. The summed E-state index contributed by atoms with van der Waals surface area (Å²) in [5, 5.41) is 0. The first-order chi connectivity index (χ1) is 6.14. The Bertz CT molecular complexity index is 220. The van der Waals surface area contributed by atoms with Gasteiger partial charge in [0.15, 0.2) is 0 Å². The summed E-state index contributed by atoms with van der Waals surface area (Å²) in [6, 6.07) is 0. The van der Waals surface area contributed by atoms with E-state index in [-0.39, 0.29) is 5.91 Å². The van der Waals surface area contributed by atoms with Crippen LogP contribution in [0.2, 0.25) is 0 Å². The van der Waals surface area contributed by atoms with Crippen LogP contribution in [0, 0.1) is 5.92 Å². The molecule has 2 rings (SSSR count). The molecule has 13 heavy (non-hydrogen) atoms. The highest BCUT2D eigenvalue weighted by atomic mass is 16.2. The second kappa shape index (κ2) is 3.00. The van der Waals surface area contributed by atoms with Crippen molar-refractivity contribution in [3.8, 4) is 0 Å². The van der Waals surface area contributed by atoms with Gasteiger partial charge >= 0.3 is 0 Å². The van der Waals surface area contributed by atoms with E-state index in [0.29, 0.717) is 5.54 Å². The van der Waals surface area contributed by atoms with Gasteiger partial charge in [0, 0.05) is 19.0 Å². The standard InChI is InChI=1S/C11H19NO/c1-9-4-7-12(10(2)13)11(8-9)5-3-6-11/h9H,3-8H2,1-2H3/t9-/m1/s1. The number of hydrogen-bond acceptors (Lipinski definition) is 1. The molecule has 0 aromatic heterocycles. The van der Waals surface area contributed by atoms with Crippen LogP contribution in [-0.2, 0) is 4.79 Å². The first kappa shape index (κ1) is 9.04. The number of amides is 1. The summed E-state index contributed by atoms with van der Waals surface area (Å²) in [7, 11) is 0. The molecule has 2 nitrogen and oxygen atoms in total. The molecule has 1 saturated carbocycles. The molecule has 0 aromatic rings. The van der Waals surface area contributed by atoms with E-state index in [1.807, 2.05) is 0 Å². The third-order valence-corrected chi connectivity index (χ3v) is 3.81. The summed E-state index contributed by atoms with van der Waals surface area (Å²) in [5.74, 6) is 1.10. The largest absolute Gasteiger partial charge is 0.337 e. The molecule has 0 unspecified atom stereocenters. The van der Waals surface area contributed by atoms with Gasteiger partial charge in [-0.3, -0.25) is 4.79 Å². The maximum absolute atomic E-state index is 11.4. The van der Waals surface area contributed by atoms with Crippen LogP contribution in [0.15, 0.2) is 0 Å². The summed E-state index contributed by atoms with van der Waals surface area (Å²) < 4.78 is 0. The summed E-state index contributed by atoms with van der Waals surface area (Å²) in [6.07, 6.45) is 6.25. The van der Waals surface area contributed by atoms with E-state index in [2.05, 4.69) is 11.8 Å².